The van der Waals surface area contributed by atoms with Crippen LogP contribution in [0.5, 0.6) is 5.75 Å². The van der Waals surface area contributed by atoms with Gasteiger partial charge >= 0.3 is 0 Å². The van der Waals surface area contributed by atoms with Gasteiger partial charge in [-0.1, -0.05) is 28.1 Å². The fourth-order valence-electron chi connectivity index (χ4n) is 2.03. The molecule has 0 spiro atoms. The number of rotatable bonds is 5. The van der Waals surface area contributed by atoms with Crippen molar-refractivity contribution in [2.75, 3.05) is 7.11 Å². The highest BCUT2D eigenvalue weighted by Crippen LogP contribution is 2.24. The molecule has 0 heterocycles. The summed E-state index contributed by atoms with van der Waals surface area (Å²) in [6.45, 7) is 0. The summed E-state index contributed by atoms with van der Waals surface area (Å²) >= 11 is 3.35. The molecule has 0 aliphatic carbocycles. The molecule has 0 bridgehead atoms. The number of hydrogen-bond donors (Lipinski definition) is 2. The molecule has 0 saturated heterocycles. The molecule has 5 heteroatoms. The molecular weight excluding hydrogens is 323 g/mol. The van der Waals surface area contributed by atoms with Gasteiger partial charge in [0.2, 0.25) is 0 Å². The summed E-state index contributed by atoms with van der Waals surface area (Å²) < 4.78 is 19.8. The predicted molar refractivity (Wildman–Crippen MR) is 80.9 cm³/mol. The zero-order valence-corrected chi connectivity index (χ0v) is 12.7. The maximum Gasteiger partial charge on any atom is 0.126 e. The van der Waals surface area contributed by atoms with Gasteiger partial charge in [0.25, 0.3) is 0 Å². The fourth-order valence-corrected chi connectivity index (χ4v) is 2.44. The SMILES string of the molecule is COc1ccc(C(Cc2cc(Br)ccc2F)NN)cc1. The van der Waals surface area contributed by atoms with E-state index in [-0.39, 0.29) is 11.9 Å². The Labute approximate surface area is 126 Å². The summed E-state index contributed by atoms with van der Waals surface area (Å²) in [5.74, 6) is 6.14. The number of hydrazine groups is 1. The minimum absolute atomic E-state index is 0.162. The van der Waals surface area contributed by atoms with E-state index in [1.807, 2.05) is 24.3 Å². The number of nitrogens with one attached hydrogen (secondary N) is 1. The van der Waals surface area contributed by atoms with Gasteiger partial charge in [-0.3, -0.25) is 11.3 Å². The third kappa shape index (κ3) is 3.56. The van der Waals surface area contributed by atoms with Gasteiger partial charge in [0.05, 0.1) is 13.2 Å². The van der Waals surface area contributed by atoms with Crippen LogP contribution in [0.4, 0.5) is 4.39 Å². The zero-order valence-electron chi connectivity index (χ0n) is 11.1. The summed E-state index contributed by atoms with van der Waals surface area (Å²) in [4.78, 5) is 0. The van der Waals surface area contributed by atoms with E-state index in [1.165, 1.54) is 6.07 Å². The summed E-state index contributed by atoms with van der Waals surface area (Å²) in [7, 11) is 1.62. The molecule has 0 saturated carbocycles. The van der Waals surface area contributed by atoms with Crippen LogP contribution in [-0.4, -0.2) is 7.11 Å². The van der Waals surface area contributed by atoms with Crippen molar-refractivity contribution < 1.29 is 9.13 Å². The van der Waals surface area contributed by atoms with Crippen LogP contribution in [0.3, 0.4) is 0 Å². The topological polar surface area (TPSA) is 47.3 Å². The van der Waals surface area contributed by atoms with E-state index in [1.54, 1.807) is 19.2 Å². The van der Waals surface area contributed by atoms with Gasteiger partial charge in [-0.05, 0) is 47.9 Å². The van der Waals surface area contributed by atoms with Gasteiger partial charge in [0.15, 0.2) is 0 Å². The van der Waals surface area contributed by atoms with Gasteiger partial charge in [-0.2, -0.15) is 0 Å². The number of hydrogen-bond acceptors (Lipinski definition) is 3. The highest BCUT2D eigenvalue weighted by atomic mass is 79.9. The fraction of sp³-hybridized carbons (Fsp3) is 0.200. The quantitative estimate of drug-likeness (QED) is 0.649. The Hall–Kier alpha value is -1.43. The molecule has 0 radical (unpaired) electrons. The molecule has 2 aromatic rings. The van der Waals surface area contributed by atoms with E-state index in [0.29, 0.717) is 12.0 Å². The Morgan fingerprint density at radius 1 is 1.25 bits per heavy atom. The molecule has 106 valence electrons. The van der Waals surface area contributed by atoms with Crippen molar-refractivity contribution in [3.8, 4) is 5.75 Å². The van der Waals surface area contributed by atoms with E-state index >= 15 is 0 Å². The summed E-state index contributed by atoms with van der Waals surface area (Å²) in [5.41, 5.74) is 4.32. The number of nitrogens with two attached hydrogens (primary N) is 1. The standard InChI is InChI=1S/C15H16BrFN2O/c1-20-13-5-2-10(3-6-13)15(19-18)9-11-8-12(16)4-7-14(11)17/h2-8,15,19H,9,18H2,1H3. The van der Waals surface area contributed by atoms with Crippen LogP contribution in [0.2, 0.25) is 0 Å². The molecule has 0 aliphatic rings. The molecule has 2 rings (SSSR count). The third-order valence-electron chi connectivity index (χ3n) is 3.15. The van der Waals surface area contributed by atoms with Gasteiger partial charge in [0.1, 0.15) is 11.6 Å². The Bertz CT molecular complexity index is 575. The molecule has 0 fully saturated rings. The van der Waals surface area contributed by atoms with Crippen molar-refractivity contribution in [3.63, 3.8) is 0 Å². The second-order valence-electron chi connectivity index (χ2n) is 4.43. The molecule has 1 unspecified atom stereocenters. The summed E-state index contributed by atoms with van der Waals surface area (Å²) in [6, 6.07) is 12.3. The van der Waals surface area contributed by atoms with Crippen LogP contribution >= 0.6 is 15.9 Å². The van der Waals surface area contributed by atoms with Crippen LogP contribution in [0, 0.1) is 5.82 Å². The number of halogens is 2. The first-order valence-electron chi connectivity index (χ1n) is 6.18. The lowest BCUT2D eigenvalue weighted by atomic mass is 9.99. The molecule has 0 amide bonds. The summed E-state index contributed by atoms with van der Waals surface area (Å²) in [6.07, 6.45) is 0.466. The molecule has 3 N–H and O–H groups in total. The van der Waals surface area contributed by atoms with E-state index in [2.05, 4.69) is 21.4 Å². The second kappa shape index (κ2) is 6.83. The van der Waals surface area contributed by atoms with Crippen molar-refractivity contribution in [3.05, 3.63) is 63.9 Å². The molecule has 3 nitrogen and oxygen atoms in total. The predicted octanol–water partition coefficient (Wildman–Crippen LogP) is 3.34. The Balaban J connectivity index is 2.21. The van der Waals surface area contributed by atoms with Gasteiger partial charge in [0, 0.05) is 4.47 Å². The van der Waals surface area contributed by atoms with E-state index in [0.717, 1.165) is 15.8 Å². The van der Waals surface area contributed by atoms with Gasteiger partial charge < -0.3 is 4.74 Å². The average molecular weight is 339 g/mol. The number of methoxy groups -OCH3 is 1. The highest BCUT2D eigenvalue weighted by molar-refractivity contribution is 9.10. The van der Waals surface area contributed by atoms with Crippen molar-refractivity contribution in [1.29, 1.82) is 0 Å². The maximum absolute atomic E-state index is 13.8. The Morgan fingerprint density at radius 3 is 2.55 bits per heavy atom. The zero-order chi connectivity index (χ0) is 14.5. The van der Waals surface area contributed by atoms with Crippen LogP contribution in [-0.2, 0) is 6.42 Å². The Kier molecular flexibility index (Phi) is 5.11. The van der Waals surface area contributed by atoms with Gasteiger partial charge in [-0.25, -0.2) is 4.39 Å². The van der Waals surface area contributed by atoms with Crippen molar-refractivity contribution in [2.24, 2.45) is 5.84 Å². The first-order chi connectivity index (χ1) is 9.63. The van der Waals surface area contributed by atoms with Crippen molar-refractivity contribution in [2.45, 2.75) is 12.5 Å². The lowest BCUT2D eigenvalue weighted by Gasteiger charge is -2.17. The molecular formula is C15H16BrFN2O. The number of ether oxygens (including phenoxy) is 1. The van der Waals surface area contributed by atoms with E-state index in [4.69, 9.17) is 10.6 Å². The normalized spacial score (nSPS) is 12.2. The lowest BCUT2D eigenvalue weighted by Crippen LogP contribution is -2.29. The molecule has 0 aromatic heterocycles. The highest BCUT2D eigenvalue weighted by Gasteiger charge is 2.13. The van der Waals surface area contributed by atoms with Crippen LogP contribution in [0.1, 0.15) is 17.2 Å². The monoisotopic (exact) mass is 338 g/mol. The minimum Gasteiger partial charge on any atom is -0.497 e. The smallest absolute Gasteiger partial charge is 0.126 e. The largest absolute Gasteiger partial charge is 0.497 e. The van der Waals surface area contributed by atoms with E-state index < -0.39 is 0 Å². The lowest BCUT2D eigenvalue weighted by molar-refractivity contribution is 0.414. The van der Waals surface area contributed by atoms with Crippen molar-refractivity contribution >= 4 is 15.9 Å². The molecule has 1 atom stereocenters. The molecule has 0 aliphatic heterocycles. The number of benzene rings is 2. The molecule has 20 heavy (non-hydrogen) atoms. The van der Waals surface area contributed by atoms with Gasteiger partial charge in [-0.15, -0.1) is 0 Å². The first-order valence-corrected chi connectivity index (χ1v) is 6.97. The molecule has 2 aromatic carbocycles. The van der Waals surface area contributed by atoms with Crippen LogP contribution in [0.15, 0.2) is 46.9 Å². The first kappa shape index (κ1) is 15.0. The van der Waals surface area contributed by atoms with E-state index in [9.17, 15) is 4.39 Å². The third-order valence-corrected chi connectivity index (χ3v) is 3.64. The van der Waals surface area contributed by atoms with Crippen LogP contribution in [0.25, 0.3) is 0 Å². The average Bonchev–Trinajstić information content (AvgIpc) is 2.48. The summed E-state index contributed by atoms with van der Waals surface area (Å²) in [5, 5.41) is 0. The van der Waals surface area contributed by atoms with Crippen molar-refractivity contribution in [1.82, 2.24) is 5.43 Å². The second-order valence-corrected chi connectivity index (χ2v) is 5.35. The maximum atomic E-state index is 13.8. The Morgan fingerprint density at radius 2 is 1.95 bits per heavy atom. The van der Waals surface area contributed by atoms with Crippen LogP contribution < -0.4 is 16.0 Å². The minimum atomic E-state index is -0.234.